The zero-order valence-corrected chi connectivity index (χ0v) is 14.3. The van der Waals surface area contributed by atoms with Gasteiger partial charge in [-0.15, -0.1) is 0 Å². The van der Waals surface area contributed by atoms with Crippen LogP contribution >= 0.6 is 0 Å². The molecule has 22 heavy (non-hydrogen) atoms. The highest BCUT2D eigenvalue weighted by Crippen LogP contribution is 2.22. The maximum Gasteiger partial charge on any atom is 0.240 e. The van der Waals surface area contributed by atoms with Gasteiger partial charge in [-0.25, -0.2) is 8.42 Å². The summed E-state index contributed by atoms with van der Waals surface area (Å²) in [5.41, 5.74) is 0. The lowest BCUT2D eigenvalue weighted by atomic mass is 10.0. The third kappa shape index (κ3) is 3.51. The van der Waals surface area contributed by atoms with E-state index in [-0.39, 0.29) is 11.9 Å². The van der Waals surface area contributed by atoms with Crippen molar-refractivity contribution in [2.45, 2.75) is 63.1 Å². The standard InChI is InChI=1S/C15H25N3O3S/c1-12(2)22(20,21)13(3)15(19)18-10-5-4-7-14(18)11-17-9-6-8-16-17/h6,8-9,12-14H,4-5,7,10-11H2,1-3H3/t13-,14-/m0/s1. The molecule has 124 valence electrons. The van der Waals surface area contributed by atoms with E-state index in [9.17, 15) is 13.2 Å². The monoisotopic (exact) mass is 327 g/mol. The Hall–Kier alpha value is -1.37. The highest BCUT2D eigenvalue weighted by Gasteiger charge is 2.37. The summed E-state index contributed by atoms with van der Waals surface area (Å²) in [5, 5.41) is 2.66. The van der Waals surface area contributed by atoms with E-state index in [1.165, 1.54) is 6.92 Å². The summed E-state index contributed by atoms with van der Waals surface area (Å²) in [4.78, 5) is 14.5. The molecule has 0 radical (unpaired) electrons. The van der Waals surface area contributed by atoms with Crippen LogP contribution in [0.25, 0.3) is 0 Å². The van der Waals surface area contributed by atoms with E-state index in [0.717, 1.165) is 19.3 Å². The molecular weight excluding hydrogens is 302 g/mol. The molecule has 1 saturated heterocycles. The molecule has 1 aromatic rings. The molecular formula is C15H25N3O3S. The van der Waals surface area contributed by atoms with Crippen molar-refractivity contribution in [3.63, 3.8) is 0 Å². The summed E-state index contributed by atoms with van der Waals surface area (Å²) >= 11 is 0. The average molecular weight is 327 g/mol. The first kappa shape index (κ1) is 17.0. The van der Waals surface area contributed by atoms with Crippen molar-refractivity contribution in [3.05, 3.63) is 18.5 Å². The second-order valence-electron chi connectivity index (χ2n) is 6.19. The summed E-state index contributed by atoms with van der Waals surface area (Å²) in [6.45, 7) is 6.00. The molecule has 0 N–H and O–H groups in total. The fraction of sp³-hybridized carbons (Fsp3) is 0.733. The number of rotatable bonds is 5. The van der Waals surface area contributed by atoms with Gasteiger partial charge in [-0.05, 0) is 46.1 Å². The number of carbonyl (C=O) groups is 1. The minimum Gasteiger partial charge on any atom is -0.337 e. The van der Waals surface area contributed by atoms with Crippen molar-refractivity contribution < 1.29 is 13.2 Å². The quantitative estimate of drug-likeness (QED) is 0.821. The van der Waals surface area contributed by atoms with E-state index in [2.05, 4.69) is 5.10 Å². The van der Waals surface area contributed by atoms with Gasteiger partial charge in [-0.1, -0.05) is 0 Å². The summed E-state index contributed by atoms with van der Waals surface area (Å²) in [5.74, 6) is -0.273. The molecule has 1 aliphatic rings. The minimum absolute atomic E-state index is 0.0194. The predicted octanol–water partition coefficient (Wildman–Crippen LogP) is 1.48. The minimum atomic E-state index is -3.42. The number of hydrogen-bond acceptors (Lipinski definition) is 4. The SMILES string of the molecule is CC(C)S(=O)(=O)[C@@H](C)C(=O)N1CCCC[C@H]1Cn1cccn1. The first-order chi connectivity index (χ1) is 10.3. The fourth-order valence-electron chi connectivity index (χ4n) is 2.89. The number of hydrogen-bond donors (Lipinski definition) is 0. The van der Waals surface area contributed by atoms with Gasteiger partial charge in [0.2, 0.25) is 5.91 Å². The summed E-state index contributed by atoms with van der Waals surface area (Å²) in [7, 11) is -3.42. The molecule has 1 aliphatic heterocycles. The van der Waals surface area contributed by atoms with Gasteiger partial charge in [-0.3, -0.25) is 9.48 Å². The van der Waals surface area contributed by atoms with Crippen LogP contribution in [-0.4, -0.2) is 52.1 Å². The van der Waals surface area contributed by atoms with Crippen LogP contribution in [0.4, 0.5) is 0 Å². The van der Waals surface area contributed by atoms with Gasteiger partial charge in [0.25, 0.3) is 0 Å². The fourth-order valence-corrected chi connectivity index (χ4v) is 4.12. The Bertz CT molecular complexity index is 596. The van der Waals surface area contributed by atoms with Gasteiger partial charge in [-0.2, -0.15) is 5.10 Å². The zero-order chi connectivity index (χ0) is 16.3. The van der Waals surface area contributed by atoms with Gasteiger partial charge in [0, 0.05) is 18.9 Å². The Labute approximate surface area is 132 Å². The van der Waals surface area contributed by atoms with Crippen LogP contribution in [0.5, 0.6) is 0 Å². The van der Waals surface area contributed by atoms with Crippen LogP contribution in [0.15, 0.2) is 18.5 Å². The molecule has 0 unspecified atom stereocenters. The molecule has 0 aliphatic carbocycles. The third-order valence-electron chi connectivity index (χ3n) is 4.36. The Morgan fingerprint density at radius 2 is 2.05 bits per heavy atom. The Morgan fingerprint density at radius 3 is 2.64 bits per heavy atom. The van der Waals surface area contributed by atoms with Crippen molar-refractivity contribution >= 4 is 15.7 Å². The number of nitrogens with zero attached hydrogens (tertiary/aromatic N) is 3. The molecule has 0 saturated carbocycles. The van der Waals surface area contributed by atoms with Crippen LogP contribution in [0.2, 0.25) is 0 Å². The third-order valence-corrected chi connectivity index (χ3v) is 6.87. The van der Waals surface area contributed by atoms with Gasteiger partial charge in [0.1, 0.15) is 5.25 Å². The van der Waals surface area contributed by atoms with E-state index >= 15 is 0 Å². The second-order valence-corrected chi connectivity index (χ2v) is 9.02. The predicted molar refractivity (Wildman–Crippen MR) is 85.1 cm³/mol. The Kier molecular flexibility index (Phi) is 5.26. The number of piperidine rings is 1. The van der Waals surface area contributed by atoms with Crippen molar-refractivity contribution in [1.82, 2.24) is 14.7 Å². The largest absolute Gasteiger partial charge is 0.337 e. The van der Waals surface area contributed by atoms with Crippen LogP contribution in [0.1, 0.15) is 40.0 Å². The highest BCUT2D eigenvalue weighted by atomic mass is 32.2. The number of aromatic nitrogens is 2. The molecule has 0 bridgehead atoms. The Balaban J connectivity index is 2.14. The maximum atomic E-state index is 12.7. The van der Waals surface area contributed by atoms with Gasteiger partial charge < -0.3 is 4.90 Å². The molecule has 0 aromatic carbocycles. The van der Waals surface area contributed by atoms with Crippen molar-refractivity contribution in [2.75, 3.05) is 6.54 Å². The van der Waals surface area contributed by atoms with E-state index < -0.39 is 20.3 Å². The average Bonchev–Trinajstić information content (AvgIpc) is 2.99. The van der Waals surface area contributed by atoms with Gasteiger partial charge in [0.05, 0.1) is 17.8 Å². The first-order valence-electron chi connectivity index (χ1n) is 7.84. The molecule has 0 spiro atoms. The maximum absolute atomic E-state index is 12.7. The molecule has 1 fully saturated rings. The van der Waals surface area contributed by atoms with Crippen LogP contribution in [0, 0.1) is 0 Å². The van der Waals surface area contributed by atoms with Crippen molar-refractivity contribution in [3.8, 4) is 0 Å². The lowest BCUT2D eigenvalue weighted by molar-refractivity contribution is -0.134. The van der Waals surface area contributed by atoms with E-state index in [1.807, 2.05) is 12.3 Å². The van der Waals surface area contributed by atoms with Crippen molar-refractivity contribution in [1.29, 1.82) is 0 Å². The molecule has 2 heterocycles. The van der Waals surface area contributed by atoms with Crippen LogP contribution in [0.3, 0.4) is 0 Å². The first-order valence-corrected chi connectivity index (χ1v) is 9.45. The lowest BCUT2D eigenvalue weighted by Crippen LogP contribution is -2.51. The van der Waals surface area contributed by atoms with Crippen LogP contribution < -0.4 is 0 Å². The summed E-state index contributed by atoms with van der Waals surface area (Å²) < 4.78 is 26.3. The van der Waals surface area contributed by atoms with Crippen molar-refractivity contribution in [2.24, 2.45) is 0 Å². The topological polar surface area (TPSA) is 72.3 Å². The Morgan fingerprint density at radius 1 is 1.32 bits per heavy atom. The van der Waals surface area contributed by atoms with E-state index in [1.54, 1.807) is 29.6 Å². The smallest absolute Gasteiger partial charge is 0.240 e. The molecule has 6 nitrogen and oxygen atoms in total. The number of carbonyl (C=O) groups excluding carboxylic acids is 1. The van der Waals surface area contributed by atoms with Gasteiger partial charge in [0.15, 0.2) is 9.84 Å². The van der Waals surface area contributed by atoms with E-state index in [0.29, 0.717) is 13.1 Å². The number of amides is 1. The highest BCUT2D eigenvalue weighted by molar-refractivity contribution is 7.93. The van der Waals surface area contributed by atoms with Crippen LogP contribution in [-0.2, 0) is 21.2 Å². The number of likely N-dealkylation sites (tertiary alicyclic amines) is 1. The van der Waals surface area contributed by atoms with Gasteiger partial charge >= 0.3 is 0 Å². The number of sulfone groups is 1. The molecule has 1 amide bonds. The second kappa shape index (κ2) is 6.81. The molecule has 2 atom stereocenters. The lowest BCUT2D eigenvalue weighted by Gasteiger charge is -2.37. The van der Waals surface area contributed by atoms with E-state index in [4.69, 9.17) is 0 Å². The summed E-state index contributed by atoms with van der Waals surface area (Å²) in [6, 6.07) is 1.87. The summed E-state index contributed by atoms with van der Waals surface area (Å²) in [6.07, 6.45) is 6.45. The zero-order valence-electron chi connectivity index (χ0n) is 13.5. The molecule has 2 rings (SSSR count). The molecule has 1 aromatic heterocycles. The normalized spacial score (nSPS) is 21.1. The molecule has 7 heteroatoms.